The van der Waals surface area contributed by atoms with E-state index in [2.05, 4.69) is 26.1 Å². The molecule has 0 aliphatic heterocycles. The predicted molar refractivity (Wildman–Crippen MR) is 62.9 cm³/mol. The van der Waals surface area contributed by atoms with Crippen molar-refractivity contribution >= 4 is 22.2 Å². The van der Waals surface area contributed by atoms with Crippen LogP contribution in [0.1, 0.15) is 22.1 Å². The third-order valence-electron chi connectivity index (χ3n) is 2.03. The first kappa shape index (κ1) is 11.8. The maximum atomic E-state index is 10.8. The molecule has 0 aliphatic rings. The van der Waals surface area contributed by atoms with Gasteiger partial charge in [0.1, 0.15) is 5.75 Å². The highest BCUT2D eigenvalue weighted by Crippen LogP contribution is 2.28. The van der Waals surface area contributed by atoms with Gasteiger partial charge in [0.25, 0.3) is 5.89 Å². The molecule has 0 bridgehead atoms. The fourth-order valence-electron chi connectivity index (χ4n) is 1.30. The molecule has 2 aromatic rings. The van der Waals surface area contributed by atoms with Gasteiger partial charge in [-0.2, -0.15) is 4.98 Å². The molecule has 2 rings (SSSR count). The molecule has 0 N–H and O–H groups in total. The van der Waals surface area contributed by atoms with Gasteiger partial charge in [0.2, 0.25) is 0 Å². The molecule has 0 atom stereocenters. The van der Waals surface area contributed by atoms with E-state index in [1.807, 2.05) is 0 Å². The Morgan fingerprint density at radius 1 is 1.53 bits per heavy atom. The second-order valence-electron chi connectivity index (χ2n) is 3.30. The number of rotatable bonds is 4. The topological polar surface area (TPSA) is 65.2 Å². The molecule has 0 unspecified atom stereocenters. The molecule has 1 aromatic carbocycles. The van der Waals surface area contributed by atoms with Gasteiger partial charge < -0.3 is 9.26 Å². The lowest BCUT2D eigenvalue weighted by Crippen LogP contribution is -1.99. The number of para-hydroxylation sites is 1. The van der Waals surface area contributed by atoms with Crippen molar-refractivity contribution in [2.75, 3.05) is 0 Å². The van der Waals surface area contributed by atoms with Gasteiger partial charge >= 0.3 is 0 Å². The number of carbonyl (C=O) groups is 1. The predicted octanol–water partition coefficient (Wildman–Crippen LogP) is 2.53. The van der Waals surface area contributed by atoms with Gasteiger partial charge in [0, 0.05) is 0 Å². The monoisotopic (exact) mass is 296 g/mol. The molecule has 0 saturated carbocycles. The van der Waals surface area contributed by atoms with E-state index in [0.717, 1.165) is 6.29 Å². The Kier molecular flexibility index (Phi) is 3.53. The molecule has 0 amide bonds. The number of halogens is 1. The van der Waals surface area contributed by atoms with Gasteiger partial charge in [-0.1, -0.05) is 11.2 Å². The van der Waals surface area contributed by atoms with Crippen molar-refractivity contribution in [3.05, 3.63) is 40.0 Å². The van der Waals surface area contributed by atoms with Crippen LogP contribution in [0.2, 0.25) is 0 Å². The number of ether oxygens (including phenoxy) is 1. The first-order chi connectivity index (χ1) is 8.20. The zero-order chi connectivity index (χ0) is 12.3. The Labute approximate surface area is 106 Å². The second kappa shape index (κ2) is 5.09. The third kappa shape index (κ3) is 2.71. The largest absolute Gasteiger partial charge is 0.482 e. The van der Waals surface area contributed by atoms with Gasteiger partial charge in [0.15, 0.2) is 18.7 Å². The van der Waals surface area contributed by atoms with E-state index in [1.165, 1.54) is 0 Å². The minimum atomic E-state index is 0.129. The van der Waals surface area contributed by atoms with Gasteiger partial charge in [-0.25, -0.2) is 0 Å². The highest BCUT2D eigenvalue weighted by atomic mass is 79.9. The maximum absolute atomic E-state index is 10.8. The number of carbonyl (C=O) groups excluding carboxylic acids is 1. The zero-order valence-corrected chi connectivity index (χ0v) is 10.6. The zero-order valence-electron chi connectivity index (χ0n) is 9.01. The Bertz CT molecular complexity index is 539. The summed E-state index contributed by atoms with van der Waals surface area (Å²) in [6.07, 6.45) is 0.735. The number of nitrogens with zero attached hydrogens (tertiary/aromatic N) is 2. The van der Waals surface area contributed by atoms with Gasteiger partial charge in [-0.05, 0) is 35.0 Å². The van der Waals surface area contributed by atoms with Crippen LogP contribution in [0.4, 0.5) is 0 Å². The van der Waals surface area contributed by atoms with Crippen LogP contribution < -0.4 is 4.74 Å². The summed E-state index contributed by atoms with van der Waals surface area (Å²) >= 11 is 3.32. The lowest BCUT2D eigenvalue weighted by atomic mass is 10.2. The highest BCUT2D eigenvalue weighted by Gasteiger charge is 2.10. The number of hydrogen-bond acceptors (Lipinski definition) is 5. The van der Waals surface area contributed by atoms with Crippen LogP contribution in [0, 0.1) is 6.92 Å². The van der Waals surface area contributed by atoms with Crippen LogP contribution in [0.25, 0.3) is 0 Å². The quantitative estimate of drug-likeness (QED) is 0.811. The van der Waals surface area contributed by atoms with E-state index in [4.69, 9.17) is 9.26 Å². The van der Waals surface area contributed by atoms with Crippen LogP contribution in [0.15, 0.2) is 27.2 Å². The minimum absolute atomic E-state index is 0.129. The number of hydrogen-bond donors (Lipinski definition) is 0. The smallest absolute Gasteiger partial charge is 0.264 e. The first-order valence-electron chi connectivity index (χ1n) is 4.86. The highest BCUT2D eigenvalue weighted by molar-refractivity contribution is 9.10. The summed E-state index contributed by atoms with van der Waals surface area (Å²) in [4.78, 5) is 14.8. The molecular weight excluding hydrogens is 288 g/mol. The summed E-state index contributed by atoms with van der Waals surface area (Å²) in [7, 11) is 0. The van der Waals surface area contributed by atoms with Gasteiger partial charge in [-0.3, -0.25) is 4.79 Å². The molecule has 0 aliphatic carbocycles. The molecule has 0 radical (unpaired) electrons. The van der Waals surface area contributed by atoms with Crippen LogP contribution in [-0.2, 0) is 6.61 Å². The molecule has 0 spiro atoms. The van der Waals surface area contributed by atoms with Crippen molar-refractivity contribution in [1.29, 1.82) is 0 Å². The molecule has 0 saturated heterocycles. The van der Waals surface area contributed by atoms with E-state index >= 15 is 0 Å². The lowest BCUT2D eigenvalue weighted by Gasteiger charge is -2.07. The SMILES string of the molecule is Cc1noc(COc2c(Br)cccc2C=O)n1. The summed E-state index contributed by atoms with van der Waals surface area (Å²) in [5, 5.41) is 3.65. The number of benzene rings is 1. The normalized spacial score (nSPS) is 10.2. The van der Waals surface area contributed by atoms with Crippen molar-refractivity contribution in [2.24, 2.45) is 0 Å². The summed E-state index contributed by atoms with van der Waals surface area (Å²) in [5.41, 5.74) is 0.468. The summed E-state index contributed by atoms with van der Waals surface area (Å²) in [6.45, 7) is 1.85. The van der Waals surface area contributed by atoms with E-state index < -0.39 is 0 Å². The third-order valence-corrected chi connectivity index (χ3v) is 2.66. The number of aromatic nitrogens is 2. The molecule has 17 heavy (non-hydrogen) atoms. The van der Waals surface area contributed by atoms with Crippen LogP contribution >= 0.6 is 15.9 Å². The van der Waals surface area contributed by atoms with Crippen molar-refractivity contribution in [3.8, 4) is 5.75 Å². The van der Waals surface area contributed by atoms with Crippen LogP contribution in [-0.4, -0.2) is 16.4 Å². The summed E-state index contributed by atoms with van der Waals surface area (Å²) in [6, 6.07) is 5.23. The van der Waals surface area contributed by atoms with E-state index in [1.54, 1.807) is 25.1 Å². The second-order valence-corrected chi connectivity index (χ2v) is 4.15. The van der Waals surface area contributed by atoms with E-state index in [0.29, 0.717) is 27.5 Å². The summed E-state index contributed by atoms with van der Waals surface area (Å²) in [5.74, 6) is 1.39. The Morgan fingerprint density at radius 3 is 3.00 bits per heavy atom. The molecule has 1 heterocycles. The minimum Gasteiger partial charge on any atom is -0.482 e. The van der Waals surface area contributed by atoms with Crippen molar-refractivity contribution in [2.45, 2.75) is 13.5 Å². The molecular formula is C11H9BrN2O3. The average molecular weight is 297 g/mol. The first-order valence-corrected chi connectivity index (χ1v) is 5.65. The fourth-order valence-corrected chi connectivity index (χ4v) is 1.80. The molecule has 5 nitrogen and oxygen atoms in total. The van der Waals surface area contributed by atoms with Crippen molar-refractivity contribution in [3.63, 3.8) is 0 Å². The van der Waals surface area contributed by atoms with E-state index in [-0.39, 0.29) is 6.61 Å². The average Bonchev–Trinajstić information content (AvgIpc) is 2.73. The van der Waals surface area contributed by atoms with Gasteiger partial charge in [-0.15, -0.1) is 0 Å². The van der Waals surface area contributed by atoms with E-state index in [9.17, 15) is 4.79 Å². The fraction of sp³-hybridized carbons (Fsp3) is 0.182. The van der Waals surface area contributed by atoms with Crippen LogP contribution in [0.5, 0.6) is 5.75 Å². The van der Waals surface area contributed by atoms with Crippen molar-refractivity contribution in [1.82, 2.24) is 10.1 Å². The molecule has 1 aromatic heterocycles. The maximum Gasteiger partial charge on any atom is 0.264 e. The van der Waals surface area contributed by atoms with Crippen molar-refractivity contribution < 1.29 is 14.1 Å². The number of aldehydes is 1. The Hall–Kier alpha value is -1.69. The molecule has 88 valence electrons. The number of aryl methyl sites for hydroxylation is 1. The van der Waals surface area contributed by atoms with Gasteiger partial charge in [0.05, 0.1) is 10.0 Å². The summed E-state index contributed by atoms with van der Waals surface area (Å²) < 4.78 is 11.1. The lowest BCUT2D eigenvalue weighted by molar-refractivity contribution is 0.111. The Balaban J connectivity index is 2.16. The van der Waals surface area contributed by atoms with Crippen LogP contribution in [0.3, 0.4) is 0 Å². The molecule has 6 heteroatoms. The Morgan fingerprint density at radius 2 is 2.35 bits per heavy atom. The standard InChI is InChI=1S/C11H9BrN2O3/c1-7-13-10(17-14-7)6-16-11-8(5-15)3-2-4-9(11)12/h2-5H,6H2,1H3. The molecule has 0 fully saturated rings.